The third-order valence-electron chi connectivity index (χ3n) is 3.38. The summed E-state index contributed by atoms with van der Waals surface area (Å²) in [5.41, 5.74) is 1.48. The van der Waals surface area contributed by atoms with Crippen molar-refractivity contribution in [2.24, 2.45) is 0 Å². The van der Waals surface area contributed by atoms with Crippen LogP contribution < -0.4 is 33.6 Å². The molecule has 0 aromatic heterocycles. The van der Waals surface area contributed by atoms with Crippen molar-refractivity contribution in [2.45, 2.75) is 46.8 Å². The molecule has 0 aliphatic carbocycles. The molecule has 0 spiro atoms. The topological polar surface area (TPSA) is 35.5 Å². The zero-order valence-corrected chi connectivity index (χ0v) is 18.0. The molecule has 2 rings (SSSR count). The molecule has 0 heterocycles. The molecule has 3 nitrogen and oxygen atoms in total. The van der Waals surface area contributed by atoms with Crippen molar-refractivity contribution in [3.8, 4) is 11.5 Å². The molecule has 0 saturated heterocycles. The Kier molecular flexibility index (Phi) is 9.21. The second-order valence-corrected chi connectivity index (χ2v) is 8.03. The largest absolute Gasteiger partial charge is 1.00 e. The van der Waals surface area contributed by atoms with Crippen LogP contribution in [0.5, 0.6) is 11.5 Å². The maximum Gasteiger partial charge on any atom is 1.00 e. The Morgan fingerprint density at radius 3 is 2.31 bits per heavy atom. The van der Waals surface area contributed by atoms with Gasteiger partial charge in [0.25, 0.3) is 0 Å². The molecular formula is C20H25ClLiO3P. The zero-order chi connectivity index (χ0) is 18.6. The molecule has 136 valence electrons. The molecule has 1 atom stereocenters. The molecule has 0 aliphatic heterocycles. The quantitative estimate of drug-likeness (QED) is 0.542. The summed E-state index contributed by atoms with van der Waals surface area (Å²) >= 11 is 6.23. The van der Waals surface area contributed by atoms with Gasteiger partial charge in [-0.1, -0.05) is 23.7 Å². The molecule has 1 unspecified atom stereocenters. The Morgan fingerprint density at radius 1 is 1.08 bits per heavy atom. The minimum absolute atomic E-state index is 0. The van der Waals surface area contributed by atoms with Gasteiger partial charge < -0.3 is 10.9 Å². The van der Waals surface area contributed by atoms with Crippen LogP contribution in [0.25, 0.3) is 0 Å². The number of carbonyl (C=O) groups excluding carboxylic acids is 1. The van der Waals surface area contributed by atoms with Crippen LogP contribution in [0.4, 0.5) is 0 Å². The van der Waals surface area contributed by atoms with Gasteiger partial charge in [-0.05, 0) is 67.0 Å². The van der Waals surface area contributed by atoms with Crippen LogP contribution in [0.2, 0.25) is 5.02 Å². The predicted octanol–water partition coefficient (Wildman–Crippen LogP) is 2.48. The van der Waals surface area contributed by atoms with Gasteiger partial charge >= 0.3 is 18.9 Å². The van der Waals surface area contributed by atoms with Crippen LogP contribution in [0.15, 0.2) is 36.4 Å². The number of halogens is 1. The zero-order valence-electron chi connectivity index (χ0n) is 17.2. The van der Waals surface area contributed by atoms with Crippen LogP contribution in [-0.4, -0.2) is 17.7 Å². The van der Waals surface area contributed by atoms with Crippen molar-refractivity contribution in [3.63, 3.8) is 0 Å². The van der Waals surface area contributed by atoms with E-state index in [4.69, 9.17) is 21.1 Å². The van der Waals surface area contributed by atoms with Gasteiger partial charge in [0.2, 0.25) is 0 Å². The number of aryl methyl sites for hydroxylation is 1. The molecule has 2 aromatic carbocycles. The molecular weight excluding hydrogens is 362 g/mol. The van der Waals surface area contributed by atoms with Crippen LogP contribution >= 0.6 is 20.2 Å². The fourth-order valence-electron chi connectivity index (χ4n) is 2.41. The van der Waals surface area contributed by atoms with E-state index in [-0.39, 0.29) is 46.6 Å². The van der Waals surface area contributed by atoms with Crippen LogP contribution in [0.3, 0.4) is 0 Å². The second-order valence-electron chi connectivity index (χ2n) is 6.38. The first-order chi connectivity index (χ1) is 11.8. The van der Waals surface area contributed by atoms with Gasteiger partial charge in [0.05, 0.1) is 17.2 Å². The molecule has 0 N–H and O–H groups in total. The van der Waals surface area contributed by atoms with Crippen molar-refractivity contribution in [1.82, 2.24) is 0 Å². The van der Waals surface area contributed by atoms with Crippen LogP contribution in [-0.2, 0) is 0 Å². The Morgan fingerprint density at radius 2 is 1.73 bits per heavy atom. The van der Waals surface area contributed by atoms with Gasteiger partial charge in [-0.2, -0.15) is 0 Å². The van der Waals surface area contributed by atoms with Crippen molar-refractivity contribution in [3.05, 3.63) is 52.5 Å². The molecule has 6 heteroatoms. The minimum atomic E-state index is -0.0648. The van der Waals surface area contributed by atoms with Crippen molar-refractivity contribution in [2.75, 3.05) is 0 Å². The Bertz CT molecular complexity index is 749. The molecule has 0 amide bonds. The molecule has 0 fully saturated rings. The number of benzene rings is 2. The van der Waals surface area contributed by atoms with E-state index in [9.17, 15) is 4.79 Å². The van der Waals surface area contributed by atoms with E-state index in [0.29, 0.717) is 16.3 Å². The average Bonchev–Trinajstić information content (AvgIpc) is 2.48. The summed E-state index contributed by atoms with van der Waals surface area (Å²) in [7, 11) is -0.0648. The fraction of sp³-hybridized carbons (Fsp3) is 0.350. The summed E-state index contributed by atoms with van der Waals surface area (Å²) in [5.74, 6) is 1.42. The van der Waals surface area contributed by atoms with E-state index in [0.717, 1.165) is 16.6 Å². The van der Waals surface area contributed by atoms with Gasteiger partial charge in [0.15, 0.2) is 5.52 Å². The molecule has 0 saturated carbocycles. The summed E-state index contributed by atoms with van der Waals surface area (Å²) in [6, 6.07) is 11.1. The first-order valence-electron chi connectivity index (χ1n) is 8.31. The number of carbonyl (C=O) groups is 1. The van der Waals surface area contributed by atoms with Gasteiger partial charge in [-0.3, -0.25) is 4.79 Å². The van der Waals surface area contributed by atoms with Crippen molar-refractivity contribution >= 4 is 31.0 Å². The minimum Gasteiger partial charge on any atom is -1.00 e. The summed E-state index contributed by atoms with van der Waals surface area (Å²) in [4.78, 5) is 12.8. The van der Waals surface area contributed by atoms with E-state index >= 15 is 0 Å². The summed E-state index contributed by atoms with van der Waals surface area (Å²) in [6.07, 6.45) is 0.0857. The number of rotatable bonds is 7. The van der Waals surface area contributed by atoms with Gasteiger partial charge in [0, 0.05) is 16.9 Å². The first-order valence-corrected chi connectivity index (χ1v) is 9.69. The molecule has 0 aliphatic rings. The van der Waals surface area contributed by atoms with E-state index in [2.05, 4.69) is 0 Å². The Hall–Kier alpha value is -0.973. The molecule has 2 aromatic rings. The van der Waals surface area contributed by atoms with Crippen LogP contribution in [0, 0.1) is 6.92 Å². The molecule has 0 bridgehead atoms. The van der Waals surface area contributed by atoms with E-state index in [1.165, 1.54) is 0 Å². The summed E-state index contributed by atoms with van der Waals surface area (Å²) < 4.78 is 11.6. The third kappa shape index (κ3) is 6.33. The van der Waals surface area contributed by atoms with E-state index < -0.39 is 0 Å². The maximum absolute atomic E-state index is 12.8. The van der Waals surface area contributed by atoms with Crippen molar-refractivity contribution < 1.29 is 34.6 Å². The van der Waals surface area contributed by atoms with E-state index in [1.807, 2.05) is 65.0 Å². The van der Waals surface area contributed by atoms with Crippen LogP contribution in [0.1, 0.15) is 45.0 Å². The Balaban J connectivity index is 0.00000338. The van der Waals surface area contributed by atoms with Gasteiger partial charge in [-0.15, -0.1) is 0 Å². The summed E-state index contributed by atoms with van der Waals surface area (Å²) in [6.45, 7) is 9.77. The van der Waals surface area contributed by atoms with E-state index in [1.54, 1.807) is 6.07 Å². The second kappa shape index (κ2) is 10.4. The first kappa shape index (κ1) is 23.1. The number of ether oxygens (including phenoxy) is 2. The Labute approximate surface area is 176 Å². The normalized spacial score (nSPS) is 11.1. The van der Waals surface area contributed by atoms with Crippen molar-refractivity contribution in [1.29, 1.82) is 0 Å². The van der Waals surface area contributed by atoms with Gasteiger partial charge in [0.1, 0.15) is 11.5 Å². The SMILES string of the molecule is Cc1cccc(Cl)c1C(=O)Pc1ccc(OC(C)C)cc1OC(C)C.[H-].[Li+]. The standard InChI is InChI=1S/C20H24ClO3P.Li.H/c1-12(2)23-15-9-10-18(17(11-15)24-13(3)4)25-20(22)19-14(5)7-6-8-16(19)21;;/h6-13,25H,1-5H3;;/q;+1;-1. The predicted molar refractivity (Wildman–Crippen MR) is 108 cm³/mol. The number of hydrogen-bond acceptors (Lipinski definition) is 3. The number of hydrogen-bond donors (Lipinski definition) is 0. The van der Waals surface area contributed by atoms with Gasteiger partial charge in [-0.25, -0.2) is 0 Å². The fourth-order valence-corrected chi connectivity index (χ4v) is 3.92. The molecule has 26 heavy (non-hydrogen) atoms. The smallest absolute Gasteiger partial charge is 1.00 e. The monoisotopic (exact) mass is 386 g/mol. The molecule has 0 radical (unpaired) electrons. The third-order valence-corrected chi connectivity index (χ3v) is 4.86. The summed E-state index contributed by atoms with van der Waals surface area (Å²) in [5, 5.41) is 1.35. The maximum atomic E-state index is 12.8. The average molecular weight is 387 g/mol.